The number of nitrogens with zero attached hydrogens (tertiary/aromatic N) is 2. The lowest BCUT2D eigenvalue weighted by atomic mass is 10.1. The van der Waals surface area contributed by atoms with Gasteiger partial charge in [0, 0.05) is 44.9 Å². The quantitative estimate of drug-likeness (QED) is 0.252. The molecule has 0 aromatic carbocycles. The first kappa shape index (κ1) is 20.4. The summed E-state index contributed by atoms with van der Waals surface area (Å²) in [5.74, 6) is 0.241. The molecule has 1 saturated heterocycles. The van der Waals surface area contributed by atoms with E-state index in [4.69, 9.17) is 21.4 Å². The number of halogens is 1. The highest BCUT2D eigenvalue weighted by atomic mass is 35.5. The Hall–Kier alpha value is -0.570. The molecular formula is C12H23ClN4O2S2. The Labute approximate surface area is 142 Å². The fourth-order valence-corrected chi connectivity index (χ4v) is 2.22. The average Bonchev–Trinajstić information content (AvgIpc) is 2.45. The zero-order valence-corrected chi connectivity index (χ0v) is 14.8. The van der Waals surface area contributed by atoms with Crippen molar-refractivity contribution in [2.75, 3.05) is 20.1 Å². The zero-order valence-electron chi connectivity index (χ0n) is 12.3. The van der Waals surface area contributed by atoms with Gasteiger partial charge in [0.2, 0.25) is 11.8 Å². The van der Waals surface area contributed by atoms with E-state index in [1.54, 1.807) is 13.2 Å². The fourth-order valence-electron chi connectivity index (χ4n) is 1.90. The number of nitrogens with one attached hydrogen (secondary N) is 2. The minimum Gasteiger partial charge on any atom is -0.389 e. The Morgan fingerprint density at radius 2 is 2.19 bits per heavy atom. The monoisotopic (exact) mass is 354 g/mol. The summed E-state index contributed by atoms with van der Waals surface area (Å²) in [6.45, 7) is 3.47. The molecule has 1 aliphatic rings. The molecule has 21 heavy (non-hydrogen) atoms. The van der Waals surface area contributed by atoms with Crippen LogP contribution in [-0.4, -0.2) is 46.7 Å². The molecule has 122 valence electrons. The van der Waals surface area contributed by atoms with Gasteiger partial charge >= 0.3 is 0 Å². The van der Waals surface area contributed by atoms with Gasteiger partial charge in [0.1, 0.15) is 0 Å². The molecule has 1 fully saturated rings. The molecule has 1 aliphatic heterocycles. The number of piperidine rings is 1. The highest BCUT2D eigenvalue weighted by Crippen LogP contribution is 2.12. The molecular weight excluding hydrogens is 332 g/mol. The van der Waals surface area contributed by atoms with Crippen LogP contribution in [0.1, 0.15) is 26.2 Å². The largest absolute Gasteiger partial charge is 0.389 e. The third kappa shape index (κ3) is 8.45. The van der Waals surface area contributed by atoms with Crippen molar-refractivity contribution in [1.82, 2.24) is 14.0 Å². The molecule has 0 aromatic rings. The Balaban J connectivity index is 0.00000400. The predicted molar refractivity (Wildman–Crippen MR) is 92.6 cm³/mol. The number of rotatable bonds is 6. The van der Waals surface area contributed by atoms with Gasteiger partial charge in [-0.25, -0.2) is 0 Å². The van der Waals surface area contributed by atoms with Crippen molar-refractivity contribution < 1.29 is 8.98 Å². The summed E-state index contributed by atoms with van der Waals surface area (Å²) >= 11 is 6.41. The fraction of sp³-hybridized carbons (Fsp3) is 0.667. The average molecular weight is 355 g/mol. The van der Waals surface area contributed by atoms with Crippen LogP contribution < -0.4 is 5.32 Å². The molecule has 1 heterocycles. The van der Waals surface area contributed by atoms with E-state index in [2.05, 4.69) is 5.32 Å². The van der Waals surface area contributed by atoms with Crippen molar-refractivity contribution in [3.05, 3.63) is 12.3 Å². The first-order chi connectivity index (χ1) is 9.52. The second-order valence-electron chi connectivity index (χ2n) is 4.45. The number of carbonyl (C=O) groups is 1. The number of hydrogen-bond donors (Lipinski definition) is 2. The smallest absolute Gasteiger partial charge is 0.223 e. The van der Waals surface area contributed by atoms with Gasteiger partial charge in [-0.1, -0.05) is 6.92 Å². The lowest BCUT2D eigenvalue weighted by Crippen LogP contribution is -2.43. The molecule has 6 nitrogen and oxygen atoms in total. The summed E-state index contributed by atoms with van der Waals surface area (Å²) in [6, 6.07) is 0.336. The molecule has 2 N–H and O–H groups in total. The summed E-state index contributed by atoms with van der Waals surface area (Å²) in [5.41, 5.74) is 0. The summed E-state index contributed by atoms with van der Waals surface area (Å²) in [7, 11) is 1.62. The van der Waals surface area contributed by atoms with Crippen molar-refractivity contribution in [3.8, 4) is 0 Å². The SMILES string of the molecule is CCC(=O)N1CCC(N/C=C\C(=N)OSN(C)Cl)CC1.S. The number of carbonyl (C=O) groups excluding carboxylic acids is 1. The lowest BCUT2D eigenvalue weighted by Gasteiger charge is -2.32. The molecule has 1 rings (SSSR count). The standard InChI is InChI=1S/C12H21ClN4O2S.H2S/c1-3-12(18)17-8-5-10(6-9-17)15-7-4-11(14)19-20-16(2)13;/h4,7,10,14-15H,3,5-6,8-9H2,1-2H3;1H2/b7-4-,14-11?;. The molecule has 0 spiro atoms. The van der Waals surface area contributed by atoms with E-state index in [1.165, 1.54) is 9.90 Å². The van der Waals surface area contributed by atoms with Crippen LogP contribution in [0.2, 0.25) is 0 Å². The Morgan fingerprint density at radius 3 is 2.71 bits per heavy atom. The van der Waals surface area contributed by atoms with Gasteiger partial charge in [-0.15, -0.1) is 3.82 Å². The van der Waals surface area contributed by atoms with E-state index < -0.39 is 0 Å². The molecule has 0 aromatic heterocycles. The molecule has 9 heteroatoms. The maximum absolute atomic E-state index is 11.5. The molecule has 1 amide bonds. The van der Waals surface area contributed by atoms with Gasteiger partial charge in [0.25, 0.3) is 0 Å². The summed E-state index contributed by atoms with van der Waals surface area (Å²) in [4.78, 5) is 13.4. The van der Waals surface area contributed by atoms with Gasteiger partial charge in [-0.05, 0) is 24.6 Å². The lowest BCUT2D eigenvalue weighted by molar-refractivity contribution is -0.131. The van der Waals surface area contributed by atoms with Crippen molar-refractivity contribution in [2.45, 2.75) is 32.2 Å². The predicted octanol–water partition coefficient (Wildman–Crippen LogP) is 2.25. The van der Waals surface area contributed by atoms with E-state index in [0.29, 0.717) is 12.5 Å². The van der Waals surface area contributed by atoms with Crippen LogP contribution in [0.5, 0.6) is 0 Å². The summed E-state index contributed by atoms with van der Waals surface area (Å²) in [5, 5.41) is 10.7. The third-order valence-corrected chi connectivity index (χ3v) is 3.58. The van der Waals surface area contributed by atoms with E-state index in [9.17, 15) is 4.79 Å². The second kappa shape index (κ2) is 11.1. The van der Waals surface area contributed by atoms with Crippen LogP contribution in [-0.2, 0) is 8.98 Å². The van der Waals surface area contributed by atoms with Crippen molar-refractivity contribution in [2.24, 2.45) is 0 Å². The number of hydrogen-bond acceptors (Lipinski definition) is 6. The van der Waals surface area contributed by atoms with Crippen molar-refractivity contribution in [1.29, 1.82) is 5.41 Å². The van der Waals surface area contributed by atoms with E-state index in [0.717, 1.165) is 38.2 Å². The summed E-state index contributed by atoms with van der Waals surface area (Å²) < 4.78 is 6.22. The van der Waals surface area contributed by atoms with Crippen LogP contribution in [0.4, 0.5) is 0 Å². The normalized spacial score (nSPS) is 15.9. The van der Waals surface area contributed by atoms with E-state index in [-0.39, 0.29) is 25.3 Å². The van der Waals surface area contributed by atoms with Gasteiger partial charge in [0.15, 0.2) is 12.2 Å². The molecule has 0 unspecified atom stereocenters. The molecule has 0 radical (unpaired) electrons. The van der Waals surface area contributed by atoms with E-state index >= 15 is 0 Å². The van der Waals surface area contributed by atoms with Gasteiger partial charge in [-0.2, -0.15) is 13.5 Å². The first-order valence-electron chi connectivity index (χ1n) is 6.56. The van der Waals surface area contributed by atoms with Gasteiger partial charge < -0.3 is 14.4 Å². The maximum Gasteiger partial charge on any atom is 0.223 e. The minimum absolute atomic E-state index is 0. The van der Waals surface area contributed by atoms with Crippen LogP contribution >= 0.6 is 37.5 Å². The third-order valence-electron chi connectivity index (χ3n) is 2.95. The molecule has 0 bridgehead atoms. The van der Waals surface area contributed by atoms with Crippen LogP contribution in [0, 0.1) is 5.41 Å². The first-order valence-corrected chi connectivity index (χ1v) is 7.59. The van der Waals surface area contributed by atoms with Crippen LogP contribution in [0.25, 0.3) is 0 Å². The Morgan fingerprint density at radius 1 is 1.57 bits per heavy atom. The molecule has 0 saturated carbocycles. The highest BCUT2D eigenvalue weighted by Gasteiger charge is 2.20. The number of likely N-dealkylation sites (tertiary alicyclic amines) is 1. The molecule has 0 aliphatic carbocycles. The Kier molecular flexibility index (Phi) is 10.8. The second-order valence-corrected chi connectivity index (χ2v) is 6.02. The van der Waals surface area contributed by atoms with Crippen molar-refractivity contribution >= 4 is 49.3 Å². The molecule has 0 atom stereocenters. The maximum atomic E-state index is 11.5. The van der Waals surface area contributed by atoms with Gasteiger partial charge in [0.05, 0.1) is 0 Å². The minimum atomic E-state index is 0. The Bertz CT molecular complexity index is 361. The number of amides is 1. The van der Waals surface area contributed by atoms with E-state index in [1.807, 2.05) is 11.8 Å². The van der Waals surface area contributed by atoms with Crippen LogP contribution in [0.3, 0.4) is 0 Å². The zero-order chi connectivity index (χ0) is 15.0. The summed E-state index contributed by atoms with van der Waals surface area (Å²) in [6.07, 6.45) is 5.65. The topological polar surface area (TPSA) is 68.7 Å². The van der Waals surface area contributed by atoms with Gasteiger partial charge in [-0.3, -0.25) is 10.2 Å². The highest BCUT2D eigenvalue weighted by molar-refractivity contribution is 7.93. The van der Waals surface area contributed by atoms with Crippen molar-refractivity contribution in [3.63, 3.8) is 0 Å². The van der Waals surface area contributed by atoms with Crippen LogP contribution in [0.15, 0.2) is 12.3 Å².